The molecule has 0 radical (unpaired) electrons. The number of aromatic nitrogens is 2. The molecule has 2 fully saturated rings. The predicted molar refractivity (Wildman–Crippen MR) is 73.0 cm³/mol. The second-order valence-electron chi connectivity index (χ2n) is 5.34. The van der Waals surface area contributed by atoms with Crippen LogP contribution in [0.5, 0.6) is 0 Å². The summed E-state index contributed by atoms with van der Waals surface area (Å²) in [5.74, 6) is 3.18. The zero-order chi connectivity index (χ0) is 13.3. The Kier molecular flexibility index (Phi) is 3.79. The number of piperidine rings is 1. The molecular formula is C12H20N4O2S. The summed E-state index contributed by atoms with van der Waals surface area (Å²) in [6, 6.07) is 0.191. The quantitative estimate of drug-likeness (QED) is 0.812. The fraction of sp³-hybridized carbons (Fsp3) is 0.833. The van der Waals surface area contributed by atoms with Crippen molar-refractivity contribution < 1.29 is 9.63 Å². The molecule has 0 aromatic carbocycles. The van der Waals surface area contributed by atoms with Crippen LogP contribution in [0.2, 0.25) is 0 Å². The first-order chi connectivity index (χ1) is 9.19. The van der Waals surface area contributed by atoms with Gasteiger partial charge in [0.1, 0.15) is 0 Å². The molecule has 2 aliphatic heterocycles. The van der Waals surface area contributed by atoms with Gasteiger partial charge in [0, 0.05) is 24.6 Å². The van der Waals surface area contributed by atoms with Crippen molar-refractivity contribution in [2.45, 2.75) is 24.5 Å². The first-order valence-electron chi connectivity index (χ1n) is 6.74. The molecule has 0 bridgehead atoms. The van der Waals surface area contributed by atoms with Gasteiger partial charge < -0.3 is 14.9 Å². The van der Waals surface area contributed by atoms with E-state index in [4.69, 9.17) is 4.52 Å². The van der Waals surface area contributed by atoms with Crippen LogP contribution in [0.15, 0.2) is 4.52 Å². The van der Waals surface area contributed by atoms with E-state index in [9.17, 15) is 5.11 Å². The topological polar surface area (TPSA) is 74.4 Å². The number of nitrogens with one attached hydrogen (secondary N) is 1. The first kappa shape index (κ1) is 13.4. The molecule has 2 aliphatic rings. The summed E-state index contributed by atoms with van der Waals surface area (Å²) in [5.41, 5.74) is -0.996. The summed E-state index contributed by atoms with van der Waals surface area (Å²) >= 11 is 1.91. The van der Waals surface area contributed by atoms with Gasteiger partial charge >= 0.3 is 0 Å². The van der Waals surface area contributed by atoms with E-state index in [1.54, 1.807) is 0 Å². The van der Waals surface area contributed by atoms with Crippen molar-refractivity contribution in [1.29, 1.82) is 0 Å². The Morgan fingerprint density at radius 3 is 3.21 bits per heavy atom. The number of aliphatic hydroxyl groups is 1. The third kappa shape index (κ3) is 2.65. The normalized spacial score (nSPS) is 33.5. The van der Waals surface area contributed by atoms with Crippen LogP contribution >= 0.6 is 11.8 Å². The summed E-state index contributed by atoms with van der Waals surface area (Å²) in [5, 5.41) is 17.8. The predicted octanol–water partition coefficient (Wildman–Crippen LogP) is 0.360. The van der Waals surface area contributed by atoms with E-state index in [0.717, 1.165) is 31.0 Å². The Morgan fingerprint density at radius 2 is 2.47 bits per heavy atom. The van der Waals surface area contributed by atoms with E-state index >= 15 is 0 Å². The lowest BCUT2D eigenvalue weighted by Crippen LogP contribution is -2.43. The standard InChI is InChI=1S/C12H20N4O2S/c1-16-5-6-19-7-9(16)10-14-11(18-15-10)12(17)3-2-4-13-8-12/h9,13,17H,2-8H2,1H3. The van der Waals surface area contributed by atoms with Crippen molar-refractivity contribution in [3.05, 3.63) is 11.7 Å². The molecule has 0 aliphatic carbocycles. The van der Waals surface area contributed by atoms with Crippen LogP contribution < -0.4 is 5.32 Å². The number of nitrogens with zero attached hydrogens (tertiary/aromatic N) is 3. The fourth-order valence-corrected chi connectivity index (χ4v) is 3.80. The van der Waals surface area contributed by atoms with Crippen molar-refractivity contribution in [3.63, 3.8) is 0 Å². The second-order valence-corrected chi connectivity index (χ2v) is 6.49. The zero-order valence-electron chi connectivity index (χ0n) is 11.1. The van der Waals surface area contributed by atoms with Gasteiger partial charge in [0.05, 0.1) is 6.04 Å². The smallest absolute Gasteiger partial charge is 0.259 e. The molecule has 3 rings (SSSR count). The van der Waals surface area contributed by atoms with Crippen LogP contribution in [0, 0.1) is 0 Å². The number of hydrogen-bond acceptors (Lipinski definition) is 7. The van der Waals surface area contributed by atoms with E-state index in [1.165, 1.54) is 0 Å². The van der Waals surface area contributed by atoms with Crippen molar-refractivity contribution in [2.75, 3.05) is 38.2 Å². The highest BCUT2D eigenvalue weighted by Crippen LogP contribution is 2.30. The third-order valence-corrected chi connectivity index (χ3v) is 4.92. The number of β-amino-alcohol motifs (C(OH)–C–C–N with tert-alkyl or cyclic N) is 1. The molecule has 0 saturated carbocycles. The second kappa shape index (κ2) is 5.40. The average Bonchev–Trinajstić information content (AvgIpc) is 2.90. The highest BCUT2D eigenvalue weighted by molar-refractivity contribution is 7.99. The number of thioether (sulfide) groups is 1. The van der Waals surface area contributed by atoms with Crippen molar-refractivity contribution >= 4 is 11.8 Å². The highest BCUT2D eigenvalue weighted by atomic mass is 32.2. The van der Waals surface area contributed by atoms with Crippen LogP contribution in [0.4, 0.5) is 0 Å². The molecule has 2 saturated heterocycles. The van der Waals surface area contributed by atoms with Crippen LogP contribution in [-0.2, 0) is 5.60 Å². The molecular weight excluding hydrogens is 264 g/mol. The molecule has 6 nitrogen and oxygen atoms in total. The van der Waals surface area contributed by atoms with Crippen molar-refractivity contribution in [1.82, 2.24) is 20.4 Å². The van der Waals surface area contributed by atoms with Crippen LogP contribution in [0.25, 0.3) is 0 Å². The molecule has 7 heteroatoms. The van der Waals surface area contributed by atoms with Crippen molar-refractivity contribution in [2.24, 2.45) is 0 Å². The minimum Gasteiger partial charge on any atom is -0.379 e. The third-order valence-electron chi connectivity index (χ3n) is 3.90. The van der Waals surface area contributed by atoms with Crippen LogP contribution in [0.3, 0.4) is 0 Å². The Balaban J connectivity index is 1.78. The molecule has 0 amide bonds. The Bertz CT molecular complexity index is 433. The molecule has 19 heavy (non-hydrogen) atoms. The lowest BCUT2D eigenvalue weighted by atomic mass is 9.94. The van der Waals surface area contributed by atoms with E-state index in [-0.39, 0.29) is 6.04 Å². The summed E-state index contributed by atoms with van der Waals surface area (Å²) in [7, 11) is 2.08. The van der Waals surface area contributed by atoms with Crippen LogP contribution in [0.1, 0.15) is 30.6 Å². The highest BCUT2D eigenvalue weighted by Gasteiger charge is 2.38. The Hall–Kier alpha value is -0.630. The molecule has 2 unspecified atom stereocenters. The van der Waals surface area contributed by atoms with E-state index < -0.39 is 5.60 Å². The number of rotatable bonds is 2. The summed E-state index contributed by atoms with van der Waals surface area (Å²) in [6.45, 7) is 2.46. The molecule has 3 heterocycles. The van der Waals surface area contributed by atoms with E-state index in [2.05, 4.69) is 27.4 Å². The Labute approximate surface area is 116 Å². The lowest BCUT2D eigenvalue weighted by molar-refractivity contribution is -0.0167. The molecule has 106 valence electrons. The van der Waals surface area contributed by atoms with Gasteiger partial charge in [-0.25, -0.2) is 0 Å². The molecule has 1 aromatic heterocycles. The fourth-order valence-electron chi connectivity index (χ4n) is 2.59. The summed E-state index contributed by atoms with van der Waals surface area (Å²) in [4.78, 5) is 6.70. The van der Waals surface area contributed by atoms with Gasteiger partial charge in [-0.2, -0.15) is 16.7 Å². The summed E-state index contributed by atoms with van der Waals surface area (Å²) in [6.07, 6.45) is 1.60. The van der Waals surface area contributed by atoms with Gasteiger partial charge in [-0.15, -0.1) is 0 Å². The first-order valence-corrected chi connectivity index (χ1v) is 7.90. The summed E-state index contributed by atoms with van der Waals surface area (Å²) < 4.78 is 5.32. The van der Waals surface area contributed by atoms with Gasteiger partial charge in [0.15, 0.2) is 11.4 Å². The van der Waals surface area contributed by atoms with Gasteiger partial charge in [-0.3, -0.25) is 4.90 Å². The largest absolute Gasteiger partial charge is 0.379 e. The maximum absolute atomic E-state index is 10.5. The average molecular weight is 284 g/mol. The van der Waals surface area contributed by atoms with E-state index in [0.29, 0.717) is 24.7 Å². The number of hydrogen-bond donors (Lipinski definition) is 2. The SMILES string of the molecule is CN1CCSCC1c1noc(C2(O)CCCNC2)n1. The Morgan fingerprint density at radius 1 is 1.58 bits per heavy atom. The monoisotopic (exact) mass is 284 g/mol. The van der Waals surface area contributed by atoms with Gasteiger partial charge in [0.2, 0.25) is 0 Å². The molecule has 2 N–H and O–H groups in total. The van der Waals surface area contributed by atoms with Crippen LogP contribution in [-0.4, -0.2) is 58.3 Å². The van der Waals surface area contributed by atoms with Crippen molar-refractivity contribution in [3.8, 4) is 0 Å². The molecule has 2 atom stereocenters. The van der Waals surface area contributed by atoms with Gasteiger partial charge in [-0.05, 0) is 26.4 Å². The van der Waals surface area contributed by atoms with E-state index in [1.807, 2.05) is 11.8 Å². The van der Waals surface area contributed by atoms with Gasteiger partial charge in [-0.1, -0.05) is 5.16 Å². The van der Waals surface area contributed by atoms with Gasteiger partial charge in [0.25, 0.3) is 5.89 Å². The maximum Gasteiger partial charge on any atom is 0.259 e. The maximum atomic E-state index is 10.5. The molecule has 0 spiro atoms. The minimum atomic E-state index is -0.996. The zero-order valence-corrected chi connectivity index (χ0v) is 11.9. The minimum absolute atomic E-state index is 0.191. The molecule has 1 aromatic rings. The lowest BCUT2D eigenvalue weighted by Gasteiger charge is -2.30.